The Morgan fingerprint density at radius 2 is 1.96 bits per heavy atom. The molecule has 4 rings (SSSR count). The fourth-order valence-electron chi connectivity index (χ4n) is 3.28. The molecule has 2 aromatic heterocycles. The van der Waals surface area contributed by atoms with E-state index in [1.54, 1.807) is 18.3 Å². The number of nitrogens with zero attached hydrogens (tertiary/aromatic N) is 5. The Balaban J connectivity index is 1.69. The van der Waals surface area contributed by atoms with Crippen LogP contribution in [0.5, 0.6) is 5.88 Å². The van der Waals surface area contributed by atoms with E-state index in [1.165, 1.54) is 19.0 Å². The van der Waals surface area contributed by atoms with Gasteiger partial charge in [-0.25, -0.2) is 0 Å². The Kier molecular flexibility index (Phi) is 4.45. The molecule has 7 heteroatoms. The first-order valence-corrected chi connectivity index (χ1v) is 8.62. The van der Waals surface area contributed by atoms with Crippen LogP contribution in [0.25, 0.3) is 10.9 Å². The first-order valence-electron chi connectivity index (χ1n) is 8.62. The quantitative estimate of drug-likeness (QED) is 0.728. The number of carbonyl (C=O) groups excluding carboxylic acids is 1. The van der Waals surface area contributed by atoms with E-state index in [2.05, 4.69) is 20.1 Å². The molecule has 7 nitrogen and oxygen atoms in total. The molecule has 0 bridgehead atoms. The number of rotatable bonds is 4. The molecule has 26 heavy (non-hydrogen) atoms. The molecule has 1 fully saturated rings. The molecule has 3 aromatic rings. The van der Waals surface area contributed by atoms with Gasteiger partial charge < -0.3 is 5.11 Å². The highest BCUT2D eigenvalue weighted by Gasteiger charge is 2.20. The molecule has 1 aromatic carbocycles. The molecule has 0 radical (unpaired) electrons. The van der Waals surface area contributed by atoms with Crippen LogP contribution in [-0.2, 0) is 6.67 Å². The summed E-state index contributed by atoms with van der Waals surface area (Å²) in [6.07, 6.45) is 5.38. The summed E-state index contributed by atoms with van der Waals surface area (Å²) < 4.78 is 1.82. The van der Waals surface area contributed by atoms with Gasteiger partial charge in [-0.3, -0.25) is 19.2 Å². The fourth-order valence-corrected chi connectivity index (χ4v) is 3.28. The number of carbonyl (C=O) groups is 1. The summed E-state index contributed by atoms with van der Waals surface area (Å²) in [6.45, 7) is 2.63. The van der Waals surface area contributed by atoms with E-state index in [-0.39, 0.29) is 5.88 Å². The lowest BCUT2D eigenvalue weighted by molar-refractivity contribution is 0.0994. The molecule has 3 heterocycles. The van der Waals surface area contributed by atoms with E-state index in [4.69, 9.17) is 0 Å². The second-order valence-corrected chi connectivity index (χ2v) is 6.33. The van der Waals surface area contributed by atoms with E-state index in [9.17, 15) is 9.90 Å². The summed E-state index contributed by atoms with van der Waals surface area (Å²) in [6, 6.07) is 10.9. The topological polar surface area (TPSA) is 83.1 Å². The summed E-state index contributed by atoms with van der Waals surface area (Å²) in [5, 5.41) is 19.3. The second-order valence-electron chi connectivity index (χ2n) is 6.33. The summed E-state index contributed by atoms with van der Waals surface area (Å²) in [7, 11) is 0. The third-order valence-corrected chi connectivity index (χ3v) is 4.61. The normalized spacial score (nSPS) is 15.2. The molecule has 1 N–H and O–H groups in total. The minimum Gasteiger partial charge on any atom is -0.493 e. The number of aromatic nitrogens is 2. The highest BCUT2D eigenvalue weighted by Crippen LogP contribution is 2.39. The Bertz CT molecular complexity index is 959. The van der Waals surface area contributed by atoms with Crippen LogP contribution in [0.1, 0.15) is 23.2 Å². The van der Waals surface area contributed by atoms with Gasteiger partial charge >= 0.3 is 0 Å². The highest BCUT2D eigenvalue weighted by molar-refractivity contribution is 5.97. The third-order valence-electron chi connectivity index (χ3n) is 4.61. The lowest BCUT2D eigenvalue weighted by Crippen LogP contribution is -2.22. The molecule has 1 aliphatic heterocycles. The third kappa shape index (κ3) is 3.09. The van der Waals surface area contributed by atoms with Crippen molar-refractivity contribution >= 4 is 22.5 Å². The van der Waals surface area contributed by atoms with Crippen molar-refractivity contribution < 1.29 is 9.90 Å². The predicted octanol–water partition coefficient (Wildman–Crippen LogP) is 3.72. The maximum absolute atomic E-state index is 12.2. The number of hydrogen-bond donors (Lipinski definition) is 1. The van der Waals surface area contributed by atoms with Crippen LogP contribution >= 0.6 is 0 Å². The number of benzene rings is 1. The number of likely N-dealkylation sites (tertiary alicyclic amines) is 1. The molecule has 0 spiro atoms. The van der Waals surface area contributed by atoms with Gasteiger partial charge in [0.2, 0.25) is 5.88 Å². The average molecular weight is 349 g/mol. The van der Waals surface area contributed by atoms with Gasteiger partial charge in [0, 0.05) is 17.8 Å². The average Bonchev–Trinajstić information content (AvgIpc) is 3.28. The Morgan fingerprint density at radius 1 is 1.15 bits per heavy atom. The largest absolute Gasteiger partial charge is 0.493 e. The summed E-state index contributed by atoms with van der Waals surface area (Å²) in [4.78, 5) is 18.3. The molecule has 0 atom stereocenters. The van der Waals surface area contributed by atoms with E-state index in [0.717, 1.165) is 24.0 Å². The SMILES string of the molecule is O=C(N=Nc1c(O)n(CN2CCCC2)c2ccccc12)c1cccnc1. The first kappa shape index (κ1) is 16.4. The first-order chi connectivity index (χ1) is 12.7. The molecule has 1 aliphatic rings. The van der Waals surface area contributed by atoms with Crippen LogP contribution in [0.15, 0.2) is 59.0 Å². The van der Waals surface area contributed by atoms with Crippen molar-refractivity contribution in [2.75, 3.05) is 13.1 Å². The zero-order valence-corrected chi connectivity index (χ0v) is 14.2. The summed E-state index contributed by atoms with van der Waals surface area (Å²) >= 11 is 0. The predicted molar refractivity (Wildman–Crippen MR) is 97.5 cm³/mol. The van der Waals surface area contributed by atoms with Gasteiger partial charge in [0.15, 0.2) is 5.69 Å². The number of fused-ring (bicyclic) bond motifs is 1. The van der Waals surface area contributed by atoms with E-state index in [0.29, 0.717) is 17.9 Å². The minimum absolute atomic E-state index is 0.0286. The van der Waals surface area contributed by atoms with E-state index < -0.39 is 5.91 Å². The smallest absolute Gasteiger partial charge is 0.296 e. The standard InChI is InChI=1S/C19H19N5O2/c25-18(14-6-5-9-20-12-14)22-21-17-15-7-1-2-8-16(15)24(19(17)26)13-23-10-3-4-11-23/h1-2,5-9,12,26H,3-4,10-11,13H2. The maximum atomic E-state index is 12.2. The fraction of sp³-hybridized carbons (Fsp3) is 0.263. The van der Waals surface area contributed by atoms with Crippen molar-refractivity contribution in [1.29, 1.82) is 0 Å². The lowest BCUT2D eigenvalue weighted by Gasteiger charge is -2.17. The van der Waals surface area contributed by atoms with E-state index in [1.807, 2.05) is 28.8 Å². The number of amides is 1. The maximum Gasteiger partial charge on any atom is 0.296 e. The van der Waals surface area contributed by atoms with Gasteiger partial charge in [0.1, 0.15) is 0 Å². The van der Waals surface area contributed by atoms with Gasteiger partial charge in [-0.2, -0.15) is 0 Å². The van der Waals surface area contributed by atoms with Gasteiger partial charge in [0.25, 0.3) is 5.91 Å². The number of hydrogen-bond acceptors (Lipinski definition) is 5. The number of aromatic hydroxyl groups is 1. The molecular formula is C19H19N5O2. The number of para-hydroxylation sites is 1. The zero-order valence-electron chi connectivity index (χ0n) is 14.2. The number of pyridine rings is 1. The minimum atomic E-state index is -0.492. The molecule has 1 amide bonds. The lowest BCUT2D eigenvalue weighted by atomic mass is 10.2. The van der Waals surface area contributed by atoms with Crippen molar-refractivity contribution in [2.24, 2.45) is 10.2 Å². The van der Waals surface area contributed by atoms with Crippen molar-refractivity contribution in [2.45, 2.75) is 19.5 Å². The van der Waals surface area contributed by atoms with Crippen LogP contribution in [-0.4, -0.2) is 38.6 Å². The Morgan fingerprint density at radius 3 is 2.73 bits per heavy atom. The van der Waals surface area contributed by atoms with Crippen LogP contribution in [0.2, 0.25) is 0 Å². The molecule has 132 valence electrons. The van der Waals surface area contributed by atoms with Crippen LogP contribution in [0, 0.1) is 0 Å². The monoisotopic (exact) mass is 349 g/mol. The van der Waals surface area contributed by atoms with Crippen molar-refractivity contribution in [3.8, 4) is 5.88 Å². The Labute approximate surface area is 150 Å². The van der Waals surface area contributed by atoms with Gasteiger partial charge in [-0.1, -0.05) is 18.2 Å². The van der Waals surface area contributed by atoms with Gasteiger partial charge in [0.05, 0.1) is 17.7 Å². The van der Waals surface area contributed by atoms with Crippen LogP contribution in [0.4, 0.5) is 5.69 Å². The van der Waals surface area contributed by atoms with Gasteiger partial charge in [-0.05, 0) is 44.1 Å². The molecule has 0 unspecified atom stereocenters. The molecule has 1 saturated heterocycles. The van der Waals surface area contributed by atoms with Crippen molar-refractivity contribution in [1.82, 2.24) is 14.5 Å². The zero-order chi connectivity index (χ0) is 17.9. The summed E-state index contributed by atoms with van der Waals surface area (Å²) in [5.41, 5.74) is 1.55. The van der Waals surface area contributed by atoms with Gasteiger partial charge in [-0.15, -0.1) is 10.2 Å². The van der Waals surface area contributed by atoms with E-state index >= 15 is 0 Å². The van der Waals surface area contributed by atoms with Crippen molar-refractivity contribution in [3.63, 3.8) is 0 Å². The summed E-state index contributed by atoms with van der Waals surface area (Å²) in [5.74, 6) is -0.463. The molecular weight excluding hydrogens is 330 g/mol. The number of azo groups is 1. The Hall–Kier alpha value is -3.06. The highest BCUT2D eigenvalue weighted by atomic mass is 16.3. The second kappa shape index (κ2) is 7.05. The molecule has 0 saturated carbocycles. The van der Waals surface area contributed by atoms with Crippen LogP contribution in [0.3, 0.4) is 0 Å². The van der Waals surface area contributed by atoms with Crippen molar-refractivity contribution in [3.05, 3.63) is 54.4 Å². The molecule has 0 aliphatic carbocycles. The van der Waals surface area contributed by atoms with Crippen LogP contribution < -0.4 is 0 Å².